The van der Waals surface area contributed by atoms with Crippen molar-refractivity contribution < 1.29 is 9.59 Å². The number of rotatable bonds is 0. The second kappa shape index (κ2) is 3.97. The minimum absolute atomic E-state index is 0.201. The fraction of sp³-hybridized carbons (Fsp3) is 0.231. The molecular formula is C13H10Cl2O2. The molecule has 4 heteroatoms. The number of halogens is 2. The van der Waals surface area contributed by atoms with Gasteiger partial charge < -0.3 is 0 Å². The van der Waals surface area contributed by atoms with Crippen LogP contribution < -0.4 is 0 Å². The first-order valence-electron chi connectivity index (χ1n) is 5.11. The fourth-order valence-corrected chi connectivity index (χ4v) is 2.04. The molecule has 0 fully saturated rings. The van der Waals surface area contributed by atoms with Gasteiger partial charge in [-0.25, -0.2) is 0 Å². The predicted molar refractivity (Wildman–Crippen MR) is 67.8 cm³/mol. The summed E-state index contributed by atoms with van der Waals surface area (Å²) in [6.45, 7) is 3.95. The van der Waals surface area contributed by atoms with E-state index in [4.69, 9.17) is 23.2 Å². The Morgan fingerprint density at radius 1 is 0.882 bits per heavy atom. The Morgan fingerprint density at radius 2 is 1.24 bits per heavy atom. The van der Waals surface area contributed by atoms with E-state index in [2.05, 4.69) is 0 Å². The average Bonchev–Trinajstić information content (AvgIpc) is 2.43. The van der Waals surface area contributed by atoms with Crippen molar-refractivity contribution >= 4 is 34.8 Å². The maximum Gasteiger partial charge on any atom is 0.206 e. The third-order valence-corrected chi connectivity index (χ3v) is 3.55. The molecule has 0 saturated carbocycles. The summed E-state index contributed by atoms with van der Waals surface area (Å²) in [5, 5.41) is -0.402. The molecule has 0 N–H and O–H groups in total. The van der Waals surface area contributed by atoms with E-state index < -0.39 is 11.6 Å². The third-order valence-electron chi connectivity index (χ3n) is 2.73. The zero-order valence-corrected chi connectivity index (χ0v) is 10.9. The number of Topliss-reactive ketones (excluding diaryl/α,β-unsaturated/α-hetero) is 2. The number of hydrogen-bond donors (Lipinski definition) is 0. The van der Waals surface area contributed by atoms with Crippen LogP contribution in [0, 0.1) is 5.41 Å². The number of carbonyl (C=O) groups excluding carboxylic acids is 2. The maximum atomic E-state index is 11.9. The molecule has 0 spiro atoms. The van der Waals surface area contributed by atoms with Gasteiger partial charge in [-0.05, 0) is 0 Å². The van der Waals surface area contributed by atoms with Crippen molar-refractivity contribution in [1.82, 2.24) is 0 Å². The minimum Gasteiger partial charge on any atom is -0.288 e. The molecular weight excluding hydrogens is 259 g/mol. The Labute approximate surface area is 109 Å². The van der Waals surface area contributed by atoms with Crippen LogP contribution in [0.4, 0.5) is 0 Å². The van der Waals surface area contributed by atoms with Crippen molar-refractivity contribution in [3.63, 3.8) is 0 Å². The van der Waals surface area contributed by atoms with E-state index >= 15 is 0 Å². The summed E-state index contributed by atoms with van der Waals surface area (Å²) >= 11 is 11.5. The summed E-state index contributed by atoms with van der Waals surface area (Å²) in [5.74, 6) is -0.797. The lowest BCUT2D eigenvalue weighted by molar-refractivity contribution is -0.115. The summed E-state index contributed by atoms with van der Waals surface area (Å²) in [6.07, 6.45) is 7.00. The number of carbonyl (C=O) groups is 2. The number of allylic oxidation sites excluding steroid dienone is 8. The maximum absolute atomic E-state index is 11.9. The summed E-state index contributed by atoms with van der Waals surface area (Å²) < 4.78 is 0. The van der Waals surface area contributed by atoms with E-state index in [1.165, 1.54) is 0 Å². The summed E-state index contributed by atoms with van der Waals surface area (Å²) in [5.41, 5.74) is 0.411. The van der Waals surface area contributed by atoms with E-state index in [1.54, 1.807) is 12.2 Å². The molecule has 0 aromatic rings. The molecule has 0 bridgehead atoms. The van der Waals surface area contributed by atoms with Gasteiger partial charge in [-0.15, -0.1) is 0 Å². The molecule has 0 aromatic carbocycles. The van der Waals surface area contributed by atoms with Crippen LogP contribution in [0.5, 0.6) is 0 Å². The second-order valence-electron chi connectivity index (χ2n) is 4.60. The van der Waals surface area contributed by atoms with Gasteiger partial charge in [0.1, 0.15) is 10.1 Å². The van der Waals surface area contributed by atoms with Crippen LogP contribution in [0.15, 0.2) is 45.5 Å². The topological polar surface area (TPSA) is 34.1 Å². The molecule has 2 aliphatic carbocycles. The lowest BCUT2D eigenvalue weighted by atomic mass is 9.93. The molecule has 0 atom stereocenters. The first-order chi connectivity index (χ1) is 7.83. The molecule has 0 heterocycles. The first kappa shape index (κ1) is 12.3. The predicted octanol–water partition coefficient (Wildman–Crippen LogP) is 3.28. The molecule has 0 aliphatic heterocycles. The lowest BCUT2D eigenvalue weighted by Gasteiger charge is -2.13. The van der Waals surface area contributed by atoms with Crippen LogP contribution in [0.3, 0.4) is 0 Å². The molecule has 2 nitrogen and oxygen atoms in total. The average molecular weight is 269 g/mol. The highest BCUT2D eigenvalue weighted by Gasteiger charge is 2.32. The van der Waals surface area contributed by atoms with Crippen LogP contribution in [-0.2, 0) is 9.59 Å². The van der Waals surface area contributed by atoms with Gasteiger partial charge in [-0.3, -0.25) is 9.59 Å². The molecule has 0 unspecified atom stereocenters. The van der Waals surface area contributed by atoms with E-state index in [-0.39, 0.29) is 15.5 Å². The highest BCUT2D eigenvalue weighted by Crippen LogP contribution is 2.34. The van der Waals surface area contributed by atoms with Gasteiger partial charge in [0.25, 0.3) is 0 Å². The van der Waals surface area contributed by atoms with Crippen LogP contribution in [0.2, 0.25) is 0 Å². The summed E-state index contributed by atoms with van der Waals surface area (Å²) in [6, 6.07) is 0. The molecule has 88 valence electrons. The molecule has 17 heavy (non-hydrogen) atoms. The van der Waals surface area contributed by atoms with Gasteiger partial charge in [0.05, 0.1) is 0 Å². The van der Waals surface area contributed by atoms with E-state index in [0.29, 0.717) is 11.1 Å². The smallest absolute Gasteiger partial charge is 0.206 e. The lowest BCUT2D eigenvalue weighted by Crippen LogP contribution is -2.18. The second-order valence-corrected chi connectivity index (χ2v) is 5.36. The third kappa shape index (κ3) is 2.03. The van der Waals surface area contributed by atoms with Crippen molar-refractivity contribution in [1.29, 1.82) is 0 Å². The normalized spacial score (nSPS) is 23.1. The van der Waals surface area contributed by atoms with Gasteiger partial charge in [-0.1, -0.05) is 61.4 Å². The first-order valence-corrected chi connectivity index (χ1v) is 5.86. The number of hydrogen-bond acceptors (Lipinski definition) is 2. The monoisotopic (exact) mass is 268 g/mol. The van der Waals surface area contributed by atoms with Crippen molar-refractivity contribution in [3.05, 3.63) is 45.5 Å². The SMILES string of the molecule is CC1(C)C=CC2=C(C=C1)C(=O)C(Cl)=C(Cl)C2=O. The molecule has 2 rings (SSSR count). The van der Waals surface area contributed by atoms with Gasteiger partial charge in [0.2, 0.25) is 11.6 Å². The van der Waals surface area contributed by atoms with Crippen LogP contribution in [-0.4, -0.2) is 11.6 Å². The highest BCUT2D eigenvalue weighted by atomic mass is 35.5. The van der Waals surface area contributed by atoms with Gasteiger partial charge in [0.15, 0.2) is 0 Å². The van der Waals surface area contributed by atoms with Crippen LogP contribution in [0.25, 0.3) is 0 Å². The van der Waals surface area contributed by atoms with Gasteiger partial charge in [0, 0.05) is 16.6 Å². The Hall–Kier alpha value is -1.12. The minimum atomic E-state index is -0.398. The van der Waals surface area contributed by atoms with Crippen molar-refractivity contribution in [3.8, 4) is 0 Å². The fourth-order valence-electron chi connectivity index (χ4n) is 1.66. The van der Waals surface area contributed by atoms with E-state index in [9.17, 15) is 9.59 Å². The standard InChI is InChI=1S/C13H10Cl2O2/c1-13(2)5-3-7-8(4-6-13)12(17)10(15)9(14)11(7)16/h3-6H,1-2H3. The largest absolute Gasteiger partial charge is 0.288 e. The summed E-state index contributed by atoms with van der Waals surface area (Å²) in [4.78, 5) is 23.8. The zero-order chi connectivity index (χ0) is 12.8. The van der Waals surface area contributed by atoms with E-state index in [1.807, 2.05) is 26.0 Å². The Bertz CT molecular complexity index is 500. The van der Waals surface area contributed by atoms with Crippen LogP contribution >= 0.6 is 23.2 Å². The molecule has 0 amide bonds. The van der Waals surface area contributed by atoms with Gasteiger partial charge in [-0.2, -0.15) is 0 Å². The van der Waals surface area contributed by atoms with Gasteiger partial charge >= 0.3 is 0 Å². The molecule has 2 aliphatic rings. The molecule has 0 radical (unpaired) electrons. The summed E-state index contributed by atoms with van der Waals surface area (Å²) in [7, 11) is 0. The van der Waals surface area contributed by atoms with Crippen molar-refractivity contribution in [2.75, 3.05) is 0 Å². The highest BCUT2D eigenvalue weighted by molar-refractivity contribution is 6.59. The van der Waals surface area contributed by atoms with Crippen molar-refractivity contribution in [2.45, 2.75) is 13.8 Å². The van der Waals surface area contributed by atoms with Crippen molar-refractivity contribution in [2.24, 2.45) is 5.41 Å². The Morgan fingerprint density at radius 3 is 1.59 bits per heavy atom. The quantitative estimate of drug-likeness (QED) is 0.632. The molecule has 0 saturated heterocycles. The zero-order valence-electron chi connectivity index (χ0n) is 9.38. The van der Waals surface area contributed by atoms with Crippen LogP contribution in [0.1, 0.15) is 13.8 Å². The van der Waals surface area contributed by atoms with E-state index in [0.717, 1.165) is 0 Å². The Kier molecular flexibility index (Phi) is 2.88. The number of ketones is 2. The Balaban J connectivity index is 2.60. The molecule has 0 aromatic heterocycles.